The summed E-state index contributed by atoms with van der Waals surface area (Å²) in [6.45, 7) is 14.0. The van der Waals surface area contributed by atoms with Crippen LogP contribution >= 0.6 is 0 Å². The normalized spacial score (nSPS) is 25.3. The van der Waals surface area contributed by atoms with E-state index in [1.807, 2.05) is 20.8 Å². The van der Waals surface area contributed by atoms with Crippen LogP contribution in [0.4, 0.5) is 0 Å². The minimum absolute atomic E-state index is 0. The van der Waals surface area contributed by atoms with Crippen LogP contribution in [-0.2, 0) is 28.5 Å². The minimum Gasteiger partial charge on any atom is -0.469 e. The second kappa shape index (κ2) is 22.1. The Balaban J connectivity index is 0. The summed E-state index contributed by atoms with van der Waals surface area (Å²) < 4.78 is 20.2. The molecule has 7 heteroatoms. The van der Waals surface area contributed by atoms with Crippen molar-refractivity contribution < 1.29 is 33.6 Å². The van der Waals surface area contributed by atoms with Gasteiger partial charge in [-0.15, -0.1) is 0 Å². The predicted molar refractivity (Wildman–Crippen MR) is 141 cm³/mol. The number of methoxy groups -OCH3 is 1. The molecule has 6 atom stereocenters. The Morgan fingerprint density at radius 3 is 1.60 bits per heavy atom. The SMILES string of the molecule is C.CCOCC(C)O.CCOCC(C)OC(=O)C1CCCCC1C.COC(=O)C1CCCCC1C. The summed E-state index contributed by atoms with van der Waals surface area (Å²) in [7, 11) is 1.48. The zero-order valence-electron chi connectivity index (χ0n) is 22.8. The maximum atomic E-state index is 11.9. The van der Waals surface area contributed by atoms with Crippen molar-refractivity contribution in [2.24, 2.45) is 23.7 Å². The lowest BCUT2D eigenvalue weighted by Gasteiger charge is -2.28. The summed E-state index contributed by atoms with van der Waals surface area (Å²) in [5, 5.41) is 8.56. The zero-order chi connectivity index (χ0) is 25.9. The first-order valence-corrected chi connectivity index (χ1v) is 13.3. The highest BCUT2D eigenvalue weighted by molar-refractivity contribution is 5.73. The molecule has 2 fully saturated rings. The van der Waals surface area contributed by atoms with Gasteiger partial charge in [0.25, 0.3) is 0 Å². The Morgan fingerprint density at radius 2 is 1.23 bits per heavy atom. The minimum atomic E-state index is -0.319. The maximum Gasteiger partial charge on any atom is 0.309 e. The number of hydrogen-bond donors (Lipinski definition) is 1. The van der Waals surface area contributed by atoms with Crippen molar-refractivity contribution in [3.05, 3.63) is 0 Å². The van der Waals surface area contributed by atoms with Gasteiger partial charge in [-0.1, -0.05) is 47.0 Å². The Morgan fingerprint density at radius 1 is 0.800 bits per heavy atom. The number of aliphatic hydroxyl groups is 1. The Bertz CT molecular complexity index is 523. The van der Waals surface area contributed by atoms with Gasteiger partial charge in [-0.3, -0.25) is 9.59 Å². The van der Waals surface area contributed by atoms with Crippen LogP contribution in [0.3, 0.4) is 0 Å². The first-order valence-electron chi connectivity index (χ1n) is 13.3. The van der Waals surface area contributed by atoms with E-state index in [4.69, 9.17) is 24.1 Å². The van der Waals surface area contributed by atoms with Gasteiger partial charge in [-0.2, -0.15) is 0 Å². The Kier molecular flexibility index (Phi) is 22.7. The molecule has 0 spiro atoms. The van der Waals surface area contributed by atoms with Crippen LogP contribution in [0.25, 0.3) is 0 Å². The second-order valence-corrected chi connectivity index (χ2v) is 9.68. The molecule has 0 amide bonds. The molecule has 0 aromatic carbocycles. The monoisotopic (exact) mass is 504 g/mol. The molecule has 210 valence electrons. The van der Waals surface area contributed by atoms with E-state index >= 15 is 0 Å². The van der Waals surface area contributed by atoms with E-state index in [0.29, 0.717) is 38.3 Å². The maximum absolute atomic E-state index is 11.9. The smallest absolute Gasteiger partial charge is 0.309 e. The highest BCUT2D eigenvalue weighted by atomic mass is 16.6. The number of aliphatic hydroxyl groups excluding tert-OH is 1. The number of carbonyl (C=O) groups excluding carboxylic acids is 2. The van der Waals surface area contributed by atoms with Crippen LogP contribution < -0.4 is 0 Å². The fourth-order valence-corrected chi connectivity index (χ4v) is 4.38. The zero-order valence-corrected chi connectivity index (χ0v) is 22.8. The van der Waals surface area contributed by atoms with Gasteiger partial charge in [0.05, 0.1) is 38.3 Å². The third kappa shape index (κ3) is 17.0. The van der Waals surface area contributed by atoms with Gasteiger partial charge in [0.15, 0.2) is 0 Å². The highest BCUT2D eigenvalue weighted by Crippen LogP contribution is 2.31. The van der Waals surface area contributed by atoms with Gasteiger partial charge in [-0.05, 0) is 65.2 Å². The number of esters is 2. The quantitative estimate of drug-likeness (QED) is 0.396. The van der Waals surface area contributed by atoms with Gasteiger partial charge in [0.2, 0.25) is 0 Å². The molecule has 0 heterocycles. The van der Waals surface area contributed by atoms with Gasteiger partial charge in [0, 0.05) is 13.2 Å². The molecule has 0 radical (unpaired) electrons. The molecule has 0 aromatic rings. The summed E-state index contributed by atoms with van der Waals surface area (Å²) in [4.78, 5) is 23.1. The first kappa shape index (κ1) is 36.0. The summed E-state index contributed by atoms with van der Waals surface area (Å²) in [6.07, 6.45) is 8.76. The van der Waals surface area contributed by atoms with E-state index in [-0.39, 0.29) is 43.4 Å². The first-order chi connectivity index (χ1) is 16.2. The van der Waals surface area contributed by atoms with Gasteiger partial charge in [-0.25, -0.2) is 0 Å². The molecule has 0 aliphatic heterocycles. The van der Waals surface area contributed by atoms with Crippen LogP contribution in [0.2, 0.25) is 0 Å². The van der Waals surface area contributed by atoms with Crippen LogP contribution in [0.15, 0.2) is 0 Å². The molecule has 2 aliphatic carbocycles. The molecule has 0 aromatic heterocycles. The highest BCUT2D eigenvalue weighted by Gasteiger charge is 2.30. The second-order valence-electron chi connectivity index (χ2n) is 9.68. The van der Waals surface area contributed by atoms with E-state index in [2.05, 4.69) is 13.8 Å². The van der Waals surface area contributed by atoms with Crippen molar-refractivity contribution in [3.8, 4) is 0 Å². The van der Waals surface area contributed by atoms with Crippen molar-refractivity contribution in [3.63, 3.8) is 0 Å². The van der Waals surface area contributed by atoms with Crippen molar-refractivity contribution in [1.29, 1.82) is 0 Å². The average Bonchev–Trinajstić information content (AvgIpc) is 2.82. The van der Waals surface area contributed by atoms with Crippen LogP contribution in [0.5, 0.6) is 0 Å². The summed E-state index contributed by atoms with van der Waals surface area (Å²) >= 11 is 0. The number of rotatable bonds is 9. The van der Waals surface area contributed by atoms with E-state index in [0.717, 1.165) is 25.7 Å². The van der Waals surface area contributed by atoms with Crippen molar-refractivity contribution in [2.45, 2.75) is 113 Å². The van der Waals surface area contributed by atoms with Gasteiger partial charge in [0.1, 0.15) is 6.10 Å². The third-order valence-electron chi connectivity index (χ3n) is 6.47. The molecule has 35 heavy (non-hydrogen) atoms. The van der Waals surface area contributed by atoms with Crippen LogP contribution in [0.1, 0.15) is 100 Å². The van der Waals surface area contributed by atoms with Crippen molar-refractivity contribution in [1.82, 2.24) is 0 Å². The summed E-state index contributed by atoms with van der Waals surface area (Å²) in [5.74, 6) is 1.24. The Labute approximate surface area is 215 Å². The molecule has 2 rings (SSSR count). The van der Waals surface area contributed by atoms with Crippen molar-refractivity contribution in [2.75, 3.05) is 33.5 Å². The lowest BCUT2D eigenvalue weighted by atomic mass is 9.80. The molecular weight excluding hydrogens is 448 g/mol. The number of ether oxygens (including phenoxy) is 4. The molecule has 2 saturated carbocycles. The van der Waals surface area contributed by atoms with E-state index < -0.39 is 0 Å². The molecule has 0 bridgehead atoms. The average molecular weight is 505 g/mol. The fourth-order valence-electron chi connectivity index (χ4n) is 4.38. The summed E-state index contributed by atoms with van der Waals surface area (Å²) in [6, 6.07) is 0. The third-order valence-corrected chi connectivity index (χ3v) is 6.47. The standard InChI is InChI=1S/C13H24O3.C9H16O2.C5H12O2.CH4/c1-4-15-9-11(3)16-13(14)12-8-6-5-7-10(12)2;1-7-5-3-4-6-8(7)9(10)11-2;1-3-7-4-5(2)6;/h10-12H,4-9H2,1-3H3;7-8H,3-6H2,1-2H3;5-6H,3-4H2,1-2H3;1H4. The van der Waals surface area contributed by atoms with E-state index in [1.165, 1.54) is 32.8 Å². The lowest BCUT2D eigenvalue weighted by Crippen LogP contribution is -2.31. The Hall–Kier alpha value is -1.18. The molecular formula is C28H56O7. The van der Waals surface area contributed by atoms with Crippen LogP contribution in [0, 0.1) is 23.7 Å². The van der Waals surface area contributed by atoms with Gasteiger partial charge >= 0.3 is 11.9 Å². The molecule has 6 unspecified atom stereocenters. The van der Waals surface area contributed by atoms with E-state index in [9.17, 15) is 9.59 Å². The van der Waals surface area contributed by atoms with Gasteiger partial charge < -0.3 is 24.1 Å². The largest absolute Gasteiger partial charge is 0.469 e. The molecule has 0 saturated heterocycles. The fraction of sp³-hybridized carbons (Fsp3) is 0.929. The molecule has 7 nitrogen and oxygen atoms in total. The number of hydrogen-bond acceptors (Lipinski definition) is 7. The topological polar surface area (TPSA) is 91.3 Å². The van der Waals surface area contributed by atoms with Crippen LogP contribution in [-0.4, -0.2) is 62.8 Å². The number of carbonyl (C=O) groups is 2. The molecule has 1 N–H and O–H groups in total. The summed E-state index contributed by atoms with van der Waals surface area (Å²) in [5.41, 5.74) is 0. The lowest BCUT2D eigenvalue weighted by molar-refractivity contribution is -0.159. The van der Waals surface area contributed by atoms with E-state index in [1.54, 1.807) is 6.92 Å². The molecule has 2 aliphatic rings. The predicted octanol–water partition coefficient (Wildman–Crippen LogP) is 5.81. The van der Waals surface area contributed by atoms with Crippen molar-refractivity contribution >= 4 is 11.9 Å².